The van der Waals surface area contributed by atoms with Crippen molar-refractivity contribution in [2.75, 3.05) is 0 Å². The van der Waals surface area contributed by atoms with E-state index < -0.39 is 195 Å². The Bertz CT molecular complexity index is 2100. The molecule has 0 bridgehead atoms. The van der Waals surface area contributed by atoms with Gasteiger partial charge in [0.1, 0.15) is 6.15 Å². The van der Waals surface area contributed by atoms with E-state index in [1.807, 2.05) is 37.9 Å². The van der Waals surface area contributed by atoms with E-state index in [4.69, 9.17) is 4.84 Å². The van der Waals surface area contributed by atoms with Crippen LogP contribution in [-0.2, 0) is 49.4 Å². The highest BCUT2D eigenvalue weighted by atomic mass is 32.1. The van der Waals surface area contributed by atoms with Crippen LogP contribution in [0.5, 0.6) is 0 Å². The van der Waals surface area contributed by atoms with Gasteiger partial charge in [0.05, 0.1) is 49.9 Å². The molecule has 0 fully saturated rings. The van der Waals surface area contributed by atoms with Crippen molar-refractivity contribution in [2.24, 2.45) is 0 Å². The first kappa shape index (κ1) is 54.3. The summed E-state index contributed by atoms with van der Waals surface area (Å²) in [5, 5.41) is 1.98. The van der Waals surface area contributed by atoms with Crippen molar-refractivity contribution < 1.29 is 115 Å². The maximum atomic E-state index is 14.2. The molecular formula is C39H24BF24NOS. The lowest BCUT2D eigenvalue weighted by molar-refractivity contribution is -0.902. The van der Waals surface area contributed by atoms with Crippen molar-refractivity contribution in [3.05, 3.63) is 134 Å². The number of hydrogen-bond acceptors (Lipinski definition) is 2. The van der Waals surface area contributed by atoms with Crippen molar-refractivity contribution >= 4 is 39.3 Å². The summed E-state index contributed by atoms with van der Waals surface area (Å²) in [5.41, 5.74) is -28.4. The average Bonchev–Trinajstić information content (AvgIpc) is 3.64. The molecule has 5 rings (SSSR count). The summed E-state index contributed by atoms with van der Waals surface area (Å²) in [6.45, 7) is 6.08. The fourth-order valence-corrected chi connectivity index (χ4v) is 7.16. The first-order valence-corrected chi connectivity index (χ1v) is 18.8. The molecule has 1 heterocycles. The van der Waals surface area contributed by atoms with Crippen LogP contribution in [0.2, 0.25) is 0 Å². The molecule has 0 amide bonds. The summed E-state index contributed by atoms with van der Waals surface area (Å²) >= 11 is 1.62. The van der Waals surface area contributed by atoms with Gasteiger partial charge in [-0.3, -0.25) is 4.84 Å². The Balaban J connectivity index is 0.000000865. The van der Waals surface area contributed by atoms with Gasteiger partial charge in [-0.15, -0.1) is 0 Å². The van der Waals surface area contributed by atoms with Crippen molar-refractivity contribution in [2.45, 2.75) is 75.8 Å². The molecule has 0 aliphatic carbocycles. The third kappa shape index (κ3) is 13.0. The Labute approximate surface area is 364 Å². The van der Waals surface area contributed by atoms with Gasteiger partial charge in [0.25, 0.3) is 5.51 Å². The minimum absolute atomic E-state index is 0.105. The van der Waals surface area contributed by atoms with Crippen LogP contribution in [0.1, 0.15) is 65.3 Å². The van der Waals surface area contributed by atoms with Crippen LogP contribution in [-0.4, -0.2) is 11.7 Å². The van der Waals surface area contributed by atoms with Crippen molar-refractivity contribution in [1.29, 1.82) is 0 Å². The average molecular weight is 1020 g/mol. The molecule has 0 aliphatic rings. The number of benzene rings is 4. The Morgan fingerprint density at radius 1 is 0.343 bits per heavy atom. The van der Waals surface area contributed by atoms with Gasteiger partial charge in [0, 0.05) is 4.73 Å². The third-order valence-electron chi connectivity index (χ3n) is 9.27. The zero-order valence-electron chi connectivity index (χ0n) is 33.1. The molecule has 2 nitrogen and oxygen atoms in total. The van der Waals surface area contributed by atoms with E-state index in [-0.39, 0.29) is 5.60 Å². The predicted octanol–water partition coefficient (Wildman–Crippen LogP) is 12.5. The summed E-state index contributed by atoms with van der Waals surface area (Å²) in [6, 6.07) is -8.81. The van der Waals surface area contributed by atoms with E-state index in [1.165, 1.54) is 0 Å². The maximum absolute atomic E-state index is 14.2. The summed E-state index contributed by atoms with van der Waals surface area (Å²) < 4.78 is 343. The van der Waals surface area contributed by atoms with Gasteiger partial charge in [-0.05, 0) is 45.0 Å². The molecular weight excluding hydrogens is 997 g/mol. The van der Waals surface area contributed by atoms with Crippen LogP contribution in [0.3, 0.4) is 0 Å². The topological polar surface area (TPSA) is 13.1 Å². The highest BCUT2D eigenvalue weighted by molar-refractivity contribution is 7.20. The van der Waals surface area contributed by atoms with Crippen LogP contribution in [0, 0.1) is 0 Å². The number of aromatic nitrogens is 1. The van der Waals surface area contributed by atoms with Gasteiger partial charge in [-0.2, -0.15) is 127 Å². The second-order valence-electron chi connectivity index (χ2n) is 15.3. The molecule has 368 valence electrons. The first-order chi connectivity index (χ1) is 29.8. The van der Waals surface area contributed by atoms with Gasteiger partial charge < -0.3 is 0 Å². The molecule has 5 aromatic rings. The van der Waals surface area contributed by atoms with E-state index in [9.17, 15) is 105 Å². The Morgan fingerprint density at radius 3 is 0.672 bits per heavy atom. The van der Waals surface area contributed by atoms with Crippen molar-refractivity contribution in [3.8, 4) is 0 Å². The normalized spacial score (nSPS) is 13.9. The largest absolute Gasteiger partial charge is 0.416 e. The van der Waals surface area contributed by atoms with Crippen LogP contribution >= 0.6 is 11.3 Å². The molecule has 4 aromatic carbocycles. The summed E-state index contributed by atoms with van der Waals surface area (Å²) in [5.74, 6) is 0. The van der Waals surface area contributed by atoms with Crippen LogP contribution in [0.15, 0.2) is 89.9 Å². The van der Waals surface area contributed by atoms with Gasteiger partial charge in [-0.25, -0.2) is 0 Å². The zero-order valence-corrected chi connectivity index (χ0v) is 33.9. The fourth-order valence-electron chi connectivity index (χ4n) is 6.66. The van der Waals surface area contributed by atoms with Crippen molar-refractivity contribution in [3.63, 3.8) is 0 Å². The number of alkyl halides is 24. The van der Waals surface area contributed by atoms with Crippen LogP contribution < -0.4 is 31.4 Å². The van der Waals surface area contributed by atoms with E-state index in [0.29, 0.717) is 0 Å². The van der Waals surface area contributed by atoms with Crippen LogP contribution in [0.4, 0.5) is 105 Å². The quantitative estimate of drug-likeness (QED) is 0.0971. The molecule has 0 saturated carbocycles. The predicted molar refractivity (Wildman–Crippen MR) is 191 cm³/mol. The smallest absolute Gasteiger partial charge is 0.265 e. The van der Waals surface area contributed by atoms with Gasteiger partial charge in [-0.1, -0.05) is 59.9 Å². The lowest BCUT2D eigenvalue weighted by atomic mass is 9.12. The number of nitrogens with zero attached hydrogens (tertiary/aromatic N) is 1. The Kier molecular flexibility index (Phi) is 14.3. The maximum Gasteiger partial charge on any atom is 0.416 e. The van der Waals surface area contributed by atoms with E-state index in [0.717, 1.165) is 0 Å². The van der Waals surface area contributed by atoms with Gasteiger partial charge >= 0.3 is 49.4 Å². The molecule has 0 aliphatic heterocycles. The molecule has 28 heteroatoms. The number of hydrogen-bond donors (Lipinski definition) is 0. The highest BCUT2D eigenvalue weighted by Gasteiger charge is 2.47. The monoisotopic (exact) mass is 1020 g/mol. The number of halogens is 24. The van der Waals surface area contributed by atoms with E-state index in [2.05, 4.69) is 0 Å². The minimum Gasteiger partial charge on any atom is -0.265 e. The molecule has 0 N–H and O–H groups in total. The Hall–Kier alpha value is -5.31. The highest BCUT2D eigenvalue weighted by Crippen LogP contribution is 2.41. The first-order valence-electron chi connectivity index (χ1n) is 17.8. The lowest BCUT2D eigenvalue weighted by Crippen LogP contribution is -2.75. The molecule has 67 heavy (non-hydrogen) atoms. The second-order valence-corrected chi connectivity index (χ2v) is 16.1. The second kappa shape index (κ2) is 17.7. The molecule has 0 unspecified atom stereocenters. The van der Waals surface area contributed by atoms with Gasteiger partial charge in [0.15, 0.2) is 5.60 Å². The zero-order chi connectivity index (χ0) is 51.5. The summed E-state index contributed by atoms with van der Waals surface area (Å²) in [4.78, 5) is 5.47. The van der Waals surface area contributed by atoms with Crippen LogP contribution in [0.25, 0.3) is 0 Å². The molecule has 0 saturated heterocycles. The minimum atomic E-state index is -6.13. The number of thiazole rings is 1. The molecule has 1 aromatic heterocycles. The van der Waals surface area contributed by atoms with E-state index in [1.54, 1.807) is 16.1 Å². The summed E-state index contributed by atoms with van der Waals surface area (Å²) in [7, 11) is 0. The van der Waals surface area contributed by atoms with Gasteiger partial charge in [0.2, 0.25) is 6.20 Å². The SMILES string of the molecule is CC(C)(C)O[n+]1ccsc1.FC(F)(F)c1cc([B-](c2cc(C(F)(F)F)cc(C(F)(F)F)c2)(c2cc(C(F)(F)F)cc(C(F)(F)F)c2)c2cc(C(F)(F)F)cc(C(F)(F)F)c2)cc(C(F)(F)F)c1. The molecule has 0 radical (unpaired) electrons. The molecule has 0 spiro atoms. The molecule has 0 atom stereocenters. The Morgan fingerprint density at radius 2 is 0.537 bits per heavy atom. The van der Waals surface area contributed by atoms with Crippen molar-refractivity contribution in [1.82, 2.24) is 0 Å². The lowest BCUT2D eigenvalue weighted by Gasteiger charge is -2.46. The fraction of sp³-hybridized carbons (Fsp3) is 0.308. The van der Waals surface area contributed by atoms with E-state index >= 15 is 0 Å². The standard InChI is InChI=1S/C32H12BF24.C7H12NOS/c34-25(35,36)13-1-14(26(37,38)39)6-21(5-13)33(22-7-15(27(40,41)42)2-16(8-22)28(43,44)45,23-9-17(29(46,47)48)3-18(10-23)30(49,50)51)24-11-19(31(52,53)54)4-20(12-24)32(55,56)57;1-7(2,3)9-8-4-5-10-6-8/h1-12H;4-6H,1-3H3/q-1;+1. The summed E-state index contributed by atoms with van der Waals surface area (Å²) in [6.07, 6.45) is -52.9. The number of rotatable bonds is 5. The third-order valence-corrected chi connectivity index (χ3v) is 9.88.